The van der Waals surface area contributed by atoms with Gasteiger partial charge in [0.15, 0.2) is 0 Å². The zero-order chi connectivity index (χ0) is 13.1. The summed E-state index contributed by atoms with van der Waals surface area (Å²) in [5.41, 5.74) is 1.31. The fourth-order valence-corrected chi connectivity index (χ4v) is 2.62. The Balaban J connectivity index is 2.19. The first kappa shape index (κ1) is 13.0. The van der Waals surface area contributed by atoms with Gasteiger partial charge in [-0.1, -0.05) is 6.92 Å². The number of benzene rings is 1. The molecule has 0 radical (unpaired) electrons. The molecule has 0 unspecified atom stereocenters. The molecule has 0 fully saturated rings. The van der Waals surface area contributed by atoms with Crippen LogP contribution in [0.4, 0.5) is 5.69 Å². The summed E-state index contributed by atoms with van der Waals surface area (Å²) in [5.74, 6) is -0.115. The topological polar surface area (TPSA) is 58.2 Å². The first-order chi connectivity index (χ1) is 8.61. The molecule has 0 saturated heterocycles. The second-order valence-electron chi connectivity index (χ2n) is 4.22. The van der Waals surface area contributed by atoms with E-state index in [2.05, 4.69) is 10.6 Å². The van der Waals surface area contributed by atoms with E-state index in [1.54, 1.807) is 12.1 Å². The Bertz CT molecular complexity index is 488. The third-order valence-corrected chi connectivity index (χ3v) is 3.89. The van der Waals surface area contributed by atoms with Gasteiger partial charge in [-0.3, -0.25) is 9.59 Å². The number of carbonyl (C=O) groups is 2. The molecule has 0 aliphatic carbocycles. The summed E-state index contributed by atoms with van der Waals surface area (Å²) in [6, 6.07) is 5.41. The number of thioether (sulfide) groups is 1. The van der Waals surface area contributed by atoms with Crippen LogP contribution in [0.1, 0.15) is 30.6 Å². The van der Waals surface area contributed by atoms with E-state index in [-0.39, 0.29) is 17.1 Å². The standard InChI is InChI=1S/C13H16N2O2S/c1-3-6-14-13(17)9-4-5-11-10(7-9)15-12(16)8(2)18-11/h4-5,7-8H,3,6H2,1-2H3,(H,14,17)(H,15,16)/t8-/m0/s1. The lowest BCUT2D eigenvalue weighted by atomic mass is 10.1. The minimum Gasteiger partial charge on any atom is -0.352 e. The van der Waals surface area contributed by atoms with Crippen LogP contribution >= 0.6 is 11.8 Å². The van der Waals surface area contributed by atoms with E-state index in [1.165, 1.54) is 11.8 Å². The van der Waals surface area contributed by atoms with Crippen molar-refractivity contribution in [1.29, 1.82) is 0 Å². The van der Waals surface area contributed by atoms with Gasteiger partial charge in [-0.05, 0) is 31.5 Å². The van der Waals surface area contributed by atoms with E-state index in [4.69, 9.17) is 0 Å². The predicted octanol–water partition coefficient (Wildman–Crippen LogP) is 2.26. The number of hydrogen-bond donors (Lipinski definition) is 2. The van der Waals surface area contributed by atoms with E-state index in [1.807, 2.05) is 19.9 Å². The molecule has 0 saturated carbocycles. The number of carbonyl (C=O) groups excluding carboxylic acids is 2. The van der Waals surface area contributed by atoms with Crippen LogP contribution in [0.3, 0.4) is 0 Å². The molecule has 5 heteroatoms. The second kappa shape index (κ2) is 5.44. The van der Waals surface area contributed by atoms with Gasteiger partial charge < -0.3 is 10.6 Å². The summed E-state index contributed by atoms with van der Waals surface area (Å²) in [4.78, 5) is 24.4. The van der Waals surface area contributed by atoms with Gasteiger partial charge >= 0.3 is 0 Å². The fraction of sp³-hybridized carbons (Fsp3) is 0.385. The minimum atomic E-state index is -0.0995. The maximum absolute atomic E-state index is 11.8. The molecule has 18 heavy (non-hydrogen) atoms. The zero-order valence-corrected chi connectivity index (χ0v) is 11.3. The lowest BCUT2D eigenvalue weighted by Gasteiger charge is -2.21. The number of nitrogens with one attached hydrogen (secondary N) is 2. The van der Waals surface area contributed by atoms with Gasteiger partial charge in [0.05, 0.1) is 10.9 Å². The Morgan fingerprint density at radius 3 is 3.00 bits per heavy atom. The largest absolute Gasteiger partial charge is 0.352 e. The summed E-state index contributed by atoms with van der Waals surface area (Å²) >= 11 is 1.51. The molecule has 1 atom stereocenters. The molecular weight excluding hydrogens is 248 g/mol. The fourth-order valence-electron chi connectivity index (χ4n) is 1.69. The molecule has 2 amide bonds. The zero-order valence-electron chi connectivity index (χ0n) is 10.4. The van der Waals surface area contributed by atoms with Crippen LogP contribution in [0, 0.1) is 0 Å². The van der Waals surface area contributed by atoms with Crippen LogP contribution in [-0.2, 0) is 4.79 Å². The third-order valence-electron chi connectivity index (χ3n) is 2.71. The molecule has 1 aliphatic rings. The smallest absolute Gasteiger partial charge is 0.251 e. The van der Waals surface area contributed by atoms with Crippen LogP contribution in [0.15, 0.2) is 23.1 Å². The summed E-state index contributed by atoms with van der Waals surface area (Å²) in [6.45, 7) is 4.53. The summed E-state index contributed by atoms with van der Waals surface area (Å²) in [5, 5.41) is 5.55. The van der Waals surface area contributed by atoms with Crippen molar-refractivity contribution >= 4 is 29.3 Å². The predicted molar refractivity (Wildman–Crippen MR) is 73.0 cm³/mol. The molecule has 1 aromatic rings. The Morgan fingerprint density at radius 1 is 1.50 bits per heavy atom. The number of hydrogen-bond acceptors (Lipinski definition) is 3. The maximum atomic E-state index is 11.8. The van der Waals surface area contributed by atoms with Gasteiger partial charge in [0, 0.05) is 17.0 Å². The van der Waals surface area contributed by atoms with E-state index in [0.29, 0.717) is 12.1 Å². The molecule has 2 N–H and O–H groups in total. The number of rotatable bonds is 3. The van der Waals surface area contributed by atoms with E-state index >= 15 is 0 Å². The van der Waals surface area contributed by atoms with Crippen molar-refractivity contribution in [2.75, 3.05) is 11.9 Å². The lowest BCUT2D eigenvalue weighted by molar-refractivity contribution is -0.115. The summed E-state index contributed by atoms with van der Waals surface area (Å²) in [6.07, 6.45) is 0.904. The quantitative estimate of drug-likeness (QED) is 0.880. The normalized spacial score (nSPS) is 17.9. The number of amides is 2. The van der Waals surface area contributed by atoms with Crippen molar-refractivity contribution in [3.63, 3.8) is 0 Å². The van der Waals surface area contributed by atoms with E-state index < -0.39 is 0 Å². The van der Waals surface area contributed by atoms with Gasteiger partial charge in [0.1, 0.15) is 0 Å². The van der Waals surface area contributed by atoms with Crippen LogP contribution in [0.2, 0.25) is 0 Å². The first-order valence-corrected chi connectivity index (χ1v) is 6.89. The van der Waals surface area contributed by atoms with Crippen LogP contribution < -0.4 is 10.6 Å². The van der Waals surface area contributed by atoms with Crippen molar-refractivity contribution in [1.82, 2.24) is 5.32 Å². The molecule has 0 aromatic heterocycles. The minimum absolute atomic E-state index is 0.0152. The van der Waals surface area contributed by atoms with Crippen molar-refractivity contribution in [2.24, 2.45) is 0 Å². The Kier molecular flexibility index (Phi) is 3.91. The van der Waals surface area contributed by atoms with Crippen LogP contribution in [-0.4, -0.2) is 23.6 Å². The summed E-state index contributed by atoms with van der Waals surface area (Å²) < 4.78 is 0. The van der Waals surface area contributed by atoms with Crippen molar-refractivity contribution in [3.05, 3.63) is 23.8 Å². The van der Waals surface area contributed by atoms with Gasteiger partial charge in [0.2, 0.25) is 5.91 Å². The molecule has 2 rings (SSSR count). The molecular formula is C13H16N2O2S. The van der Waals surface area contributed by atoms with E-state index in [9.17, 15) is 9.59 Å². The van der Waals surface area contributed by atoms with Gasteiger partial charge in [-0.15, -0.1) is 11.8 Å². The molecule has 96 valence electrons. The Hall–Kier alpha value is -1.49. The molecule has 0 bridgehead atoms. The second-order valence-corrected chi connectivity index (χ2v) is 5.60. The third kappa shape index (κ3) is 2.67. The SMILES string of the molecule is CCCNC(=O)c1ccc2c(c1)NC(=O)[C@H](C)S2. The monoisotopic (exact) mass is 264 g/mol. The average Bonchev–Trinajstić information content (AvgIpc) is 2.36. The van der Waals surface area contributed by atoms with Crippen molar-refractivity contribution < 1.29 is 9.59 Å². The molecule has 1 heterocycles. The highest BCUT2D eigenvalue weighted by atomic mass is 32.2. The van der Waals surface area contributed by atoms with Crippen molar-refractivity contribution in [3.8, 4) is 0 Å². The highest BCUT2D eigenvalue weighted by Gasteiger charge is 2.23. The average molecular weight is 264 g/mol. The summed E-state index contributed by atoms with van der Waals surface area (Å²) in [7, 11) is 0. The Labute approximate surface area is 111 Å². The van der Waals surface area contributed by atoms with E-state index in [0.717, 1.165) is 17.0 Å². The lowest BCUT2D eigenvalue weighted by Crippen LogP contribution is -2.27. The van der Waals surface area contributed by atoms with Gasteiger partial charge in [0.25, 0.3) is 5.91 Å². The number of anilines is 1. The van der Waals surface area contributed by atoms with Gasteiger partial charge in [-0.2, -0.15) is 0 Å². The molecule has 4 nitrogen and oxygen atoms in total. The van der Waals surface area contributed by atoms with Crippen molar-refractivity contribution in [2.45, 2.75) is 30.4 Å². The molecule has 1 aliphatic heterocycles. The van der Waals surface area contributed by atoms with Crippen LogP contribution in [0.25, 0.3) is 0 Å². The maximum Gasteiger partial charge on any atom is 0.251 e. The first-order valence-electron chi connectivity index (χ1n) is 6.01. The highest BCUT2D eigenvalue weighted by molar-refractivity contribution is 8.00. The van der Waals surface area contributed by atoms with Gasteiger partial charge in [-0.25, -0.2) is 0 Å². The number of fused-ring (bicyclic) bond motifs is 1. The Morgan fingerprint density at radius 2 is 2.28 bits per heavy atom. The van der Waals surface area contributed by atoms with Crippen LogP contribution in [0.5, 0.6) is 0 Å². The molecule has 0 spiro atoms. The highest BCUT2D eigenvalue weighted by Crippen LogP contribution is 2.35. The molecule has 1 aromatic carbocycles.